The lowest BCUT2D eigenvalue weighted by molar-refractivity contribution is -0.137. The van der Waals surface area contributed by atoms with Crippen molar-refractivity contribution >= 4 is 22.6 Å². The highest BCUT2D eigenvalue weighted by molar-refractivity contribution is 5.85. The minimum absolute atomic E-state index is 0.0163. The van der Waals surface area contributed by atoms with E-state index in [2.05, 4.69) is 4.98 Å². The Kier molecular flexibility index (Phi) is 3.68. The Morgan fingerprint density at radius 3 is 2.62 bits per heavy atom. The van der Waals surface area contributed by atoms with E-state index in [-0.39, 0.29) is 16.7 Å². The highest BCUT2D eigenvalue weighted by Gasteiger charge is 2.31. The topological polar surface area (TPSA) is 34.9 Å². The Labute approximate surface area is 145 Å². The Morgan fingerprint density at radius 1 is 1.12 bits per heavy atom. The molecule has 0 atom stereocenters. The molecule has 0 saturated heterocycles. The first-order chi connectivity index (χ1) is 12.3. The standard InChI is InChI=1S/C19H12F4N2O/c20-15-4-2-1-3-11(15)9-12-7-8-25-17(12)24-16-10-13(19(21,22)23)5-6-14(16)18(25)26/h1-6,9-10H,7-8H2/b12-9+. The minimum atomic E-state index is -4.52. The molecule has 1 aliphatic rings. The second-order valence-electron chi connectivity index (χ2n) is 6.06. The van der Waals surface area contributed by atoms with E-state index in [0.717, 1.165) is 18.2 Å². The molecule has 2 heterocycles. The molecule has 0 spiro atoms. The normalized spacial score (nSPS) is 15.6. The minimum Gasteiger partial charge on any atom is -0.292 e. The zero-order chi connectivity index (χ0) is 18.5. The molecule has 0 aliphatic carbocycles. The number of hydrogen-bond acceptors (Lipinski definition) is 2. The van der Waals surface area contributed by atoms with Crippen LogP contribution in [0.1, 0.15) is 23.4 Å². The molecule has 0 amide bonds. The van der Waals surface area contributed by atoms with Crippen molar-refractivity contribution in [3.05, 3.63) is 75.6 Å². The number of rotatable bonds is 1. The predicted octanol–water partition coefficient (Wildman–Crippen LogP) is 4.50. The van der Waals surface area contributed by atoms with Gasteiger partial charge < -0.3 is 0 Å². The van der Waals surface area contributed by atoms with Crippen LogP contribution in [0.5, 0.6) is 0 Å². The molecular formula is C19H12F4N2O. The molecule has 132 valence electrons. The number of benzene rings is 2. The van der Waals surface area contributed by atoms with E-state index in [9.17, 15) is 22.4 Å². The maximum atomic E-state index is 13.9. The van der Waals surface area contributed by atoms with Crippen LogP contribution in [0.25, 0.3) is 22.6 Å². The number of halogens is 4. The van der Waals surface area contributed by atoms with Gasteiger partial charge in [-0.15, -0.1) is 0 Å². The van der Waals surface area contributed by atoms with Gasteiger partial charge in [-0.3, -0.25) is 9.36 Å². The van der Waals surface area contributed by atoms with Crippen molar-refractivity contribution in [1.82, 2.24) is 9.55 Å². The van der Waals surface area contributed by atoms with Crippen LogP contribution < -0.4 is 5.56 Å². The van der Waals surface area contributed by atoms with Gasteiger partial charge in [-0.25, -0.2) is 9.37 Å². The van der Waals surface area contributed by atoms with Crippen molar-refractivity contribution in [2.45, 2.75) is 19.1 Å². The molecule has 7 heteroatoms. The third-order valence-electron chi connectivity index (χ3n) is 4.41. The van der Waals surface area contributed by atoms with E-state index in [0.29, 0.717) is 24.1 Å². The van der Waals surface area contributed by atoms with Crippen LogP contribution in [0.15, 0.2) is 47.3 Å². The van der Waals surface area contributed by atoms with Crippen LogP contribution in [0.2, 0.25) is 0 Å². The zero-order valence-electron chi connectivity index (χ0n) is 13.3. The summed E-state index contributed by atoms with van der Waals surface area (Å²) in [6.07, 6.45) is -2.48. The number of nitrogens with zero attached hydrogens (tertiary/aromatic N) is 2. The molecule has 0 fully saturated rings. The van der Waals surface area contributed by atoms with Gasteiger partial charge in [0.25, 0.3) is 5.56 Å². The van der Waals surface area contributed by atoms with Gasteiger partial charge in [-0.2, -0.15) is 13.2 Å². The van der Waals surface area contributed by atoms with Crippen molar-refractivity contribution in [3.63, 3.8) is 0 Å². The Bertz CT molecular complexity index is 1110. The van der Waals surface area contributed by atoms with Crippen LogP contribution in [-0.4, -0.2) is 9.55 Å². The fourth-order valence-electron chi connectivity index (χ4n) is 3.11. The first kappa shape index (κ1) is 16.5. The molecule has 3 aromatic rings. The summed E-state index contributed by atoms with van der Waals surface area (Å²) in [5.74, 6) is -0.133. The summed E-state index contributed by atoms with van der Waals surface area (Å²) in [5.41, 5.74) is -0.312. The molecule has 0 N–H and O–H groups in total. The maximum Gasteiger partial charge on any atom is 0.416 e. The average Bonchev–Trinajstić information content (AvgIpc) is 2.99. The van der Waals surface area contributed by atoms with Crippen LogP contribution in [0.4, 0.5) is 17.6 Å². The van der Waals surface area contributed by atoms with Crippen LogP contribution in [0, 0.1) is 5.82 Å². The lowest BCUT2D eigenvalue weighted by Crippen LogP contribution is -2.21. The highest BCUT2D eigenvalue weighted by atomic mass is 19.4. The smallest absolute Gasteiger partial charge is 0.292 e. The van der Waals surface area contributed by atoms with E-state index in [1.165, 1.54) is 10.6 Å². The van der Waals surface area contributed by atoms with E-state index in [1.807, 2.05) is 0 Å². The third kappa shape index (κ3) is 2.69. The predicted molar refractivity (Wildman–Crippen MR) is 89.9 cm³/mol. The van der Waals surface area contributed by atoms with Crippen LogP contribution in [-0.2, 0) is 12.7 Å². The SMILES string of the molecule is O=c1c2ccc(C(F)(F)F)cc2nc2n1CC/C2=C\c1ccccc1F. The monoisotopic (exact) mass is 360 g/mol. The average molecular weight is 360 g/mol. The van der Waals surface area contributed by atoms with E-state index in [4.69, 9.17) is 0 Å². The highest BCUT2D eigenvalue weighted by Crippen LogP contribution is 2.32. The van der Waals surface area contributed by atoms with E-state index >= 15 is 0 Å². The van der Waals surface area contributed by atoms with Crippen molar-refractivity contribution in [1.29, 1.82) is 0 Å². The van der Waals surface area contributed by atoms with Crippen LogP contribution in [0.3, 0.4) is 0 Å². The maximum absolute atomic E-state index is 13.9. The number of hydrogen-bond donors (Lipinski definition) is 0. The largest absolute Gasteiger partial charge is 0.416 e. The quantitative estimate of drug-likeness (QED) is 0.599. The third-order valence-corrected chi connectivity index (χ3v) is 4.41. The summed E-state index contributed by atoms with van der Waals surface area (Å²) in [4.78, 5) is 16.9. The molecule has 3 nitrogen and oxygen atoms in total. The summed E-state index contributed by atoms with van der Waals surface area (Å²) in [6.45, 7) is 0.360. The fraction of sp³-hybridized carbons (Fsp3) is 0.158. The molecule has 0 saturated carbocycles. The van der Waals surface area contributed by atoms with Gasteiger partial charge >= 0.3 is 6.18 Å². The van der Waals surface area contributed by atoms with E-state index in [1.54, 1.807) is 24.3 Å². The number of allylic oxidation sites excluding steroid dienone is 1. The molecule has 4 rings (SSSR count). The Hall–Kier alpha value is -2.96. The molecular weight excluding hydrogens is 348 g/mol. The Balaban J connectivity index is 1.91. The summed E-state index contributed by atoms with van der Waals surface area (Å²) >= 11 is 0. The second-order valence-corrected chi connectivity index (χ2v) is 6.06. The number of alkyl halides is 3. The lowest BCUT2D eigenvalue weighted by Gasteiger charge is -2.09. The molecule has 1 aromatic heterocycles. The van der Waals surface area contributed by atoms with Crippen molar-refractivity contribution in [2.75, 3.05) is 0 Å². The van der Waals surface area contributed by atoms with Gasteiger partial charge in [-0.05, 0) is 42.3 Å². The van der Waals surface area contributed by atoms with Crippen molar-refractivity contribution < 1.29 is 17.6 Å². The molecule has 0 radical (unpaired) electrons. The molecule has 0 unspecified atom stereocenters. The summed E-state index contributed by atoms with van der Waals surface area (Å²) in [5, 5.41) is 0.133. The summed E-state index contributed by atoms with van der Waals surface area (Å²) < 4.78 is 54.1. The number of fused-ring (bicyclic) bond motifs is 2. The molecule has 2 aromatic carbocycles. The van der Waals surface area contributed by atoms with Gasteiger partial charge in [0.2, 0.25) is 0 Å². The first-order valence-electron chi connectivity index (χ1n) is 7.92. The lowest BCUT2D eigenvalue weighted by atomic mass is 10.1. The molecule has 1 aliphatic heterocycles. The summed E-state index contributed by atoms with van der Waals surface area (Å²) in [7, 11) is 0. The molecule has 0 bridgehead atoms. The zero-order valence-corrected chi connectivity index (χ0v) is 13.3. The molecule has 26 heavy (non-hydrogen) atoms. The van der Waals surface area contributed by atoms with Gasteiger partial charge in [0, 0.05) is 12.1 Å². The second kappa shape index (κ2) is 5.79. The van der Waals surface area contributed by atoms with Crippen LogP contribution >= 0.6 is 0 Å². The summed E-state index contributed by atoms with van der Waals surface area (Å²) in [6, 6.07) is 9.05. The van der Waals surface area contributed by atoms with E-state index < -0.39 is 23.1 Å². The van der Waals surface area contributed by atoms with Gasteiger partial charge in [0.1, 0.15) is 11.6 Å². The van der Waals surface area contributed by atoms with Gasteiger partial charge in [0.15, 0.2) is 0 Å². The fourth-order valence-corrected chi connectivity index (χ4v) is 3.11. The Morgan fingerprint density at radius 2 is 1.88 bits per heavy atom. The van der Waals surface area contributed by atoms with Gasteiger partial charge in [-0.1, -0.05) is 18.2 Å². The first-order valence-corrected chi connectivity index (χ1v) is 7.92. The number of aromatic nitrogens is 2. The van der Waals surface area contributed by atoms with Crippen molar-refractivity contribution in [2.24, 2.45) is 0 Å². The van der Waals surface area contributed by atoms with Crippen molar-refractivity contribution in [3.8, 4) is 0 Å². The van der Waals surface area contributed by atoms with Gasteiger partial charge in [0.05, 0.1) is 16.5 Å².